The molecule has 0 spiro atoms. The highest BCUT2D eigenvalue weighted by Gasteiger charge is 2.20. The third kappa shape index (κ3) is 6.91. The highest BCUT2D eigenvalue weighted by atomic mass is 32.2. The van der Waals surface area contributed by atoms with Crippen LogP contribution in [0.1, 0.15) is 53.3 Å². The zero-order valence-corrected chi connectivity index (χ0v) is 20.1. The Morgan fingerprint density at radius 3 is 2.22 bits per heavy atom. The van der Waals surface area contributed by atoms with Gasteiger partial charge in [-0.15, -0.1) is 0 Å². The molecule has 2 rings (SSSR count). The standard InChI is InChI=1S/C22H32N4O5S/c1-6-26(7-2)14-18-8-9-19(31-18)22(28)25-24-20(27)10-11-23-32(29,30)21-16(4)12-15(3)13-17(21)5/h8-9,12-13,23H,6-7,10-11,14H2,1-5H3,(H,24,27)(H,25,28). The van der Waals surface area contributed by atoms with E-state index >= 15 is 0 Å². The molecule has 1 aromatic heterocycles. The monoisotopic (exact) mass is 464 g/mol. The van der Waals surface area contributed by atoms with Crippen LogP contribution in [0.5, 0.6) is 0 Å². The van der Waals surface area contributed by atoms with Gasteiger partial charge < -0.3 is 4.42 Å². The Balaban J connectivity index is 1.83. The first kappa shape index (κ1) is 25.6. The Morgan fingerprint density at radius 2 is 1.62 bits per heavy atom. The summed E-state index contributed by atoms with van der Waals surface area (Å²) in [4.78, 5) is 26.5. The number of amides is 2. The predicted octanol–water partition coefficient (Wildman–Crippen LogP) is 2.18. The molecule has 0 saturated carbocycles. The van der Waals surface area contributed by atoms with Gasteiger partial charge in [0.25, 0.3) is 0 Å². The van der Waals surface area contributed by atoms with Crippen molar-refractivity contribution < 1.29 is 22.4 Å². The van der Waals surface area contributed by atoms with Crippen LogP contribution in [-0.2, 0) is 21.4 Å². The smallest absolute Gasteiger partial charge is 0.305 e. The number of benzene rings is 1. The maximum absolute atomic E-state index is 12.6. The first-order valence-corrected chi connectivity index (χ1v) is 12.0. The fourth-order valence-electron chi connectivity index (χ4n) is 3.46. The van der Waals surface area contributed by atoms with Gasteiger partial charge in [-0.05, 0) is 57.1 Å². The molecule has 3 N–H and O–H groups in total. The van der Waals surface area contributed by atoms with Gasteiger partial charge in [-0.1, -0.05) is 31.5 Å². The lowest BCUT2D eigenvalue weighted by Gasteiger charge is -2.15. The molecule has 0 aliphatic carbocycles. The minimum absolute atomic E-state index is 0.0819. The summed E-state index contributed by atoms with van der Waals surface area (Å²) in [7, 11) is -3.76. The molecule has 2 aromatic rings. The van der Waals surface area contributed by atoms with Crippen molar-refractivity contribution in [3.63, 3.8) is 0 Å². The maximum Gasteiger partial charge on any atom is 0.305 e. The Labute approximate surface area is 189 Å². The number of carbonyl (C=O) groups is 2. The molecule has 1 aromatic carbocycles. The third-order valence-corrected chi connectivity index (χ3v) is 6.76. The summed E-state index contributed by atoms with van der Waals surface area (Å²) in [6, 6.07) is 6.86. The SMILES string of the molecule is CCN(CC)Cc1ccc(C(=O)NNC(=O)CCNS(=O)(=O)c2c(C)cc(C)cc2C)o1. The van der Waals surface area contributed by atoms with E-state index in [4.69, 9.17) is 4.42 Å². The summed E-state index contributed by atoms with van der Waals surface area (Å²) < 4.78 is 33.2. The summed E-state index contributed by atoms with van der Waals surface area (Å²) in [6.45, 7) is 11.7. The Morgan fingerprint density at radius 1 is 1.00 bits per heavy atom. The van der Waals surface area contributed by atoms with Gasteiger partial charge in [-0.2, -0.15) is 0 Å². The Kier molecular flexibility index (Phi) is 8.99. The summed E-state index contributed by atoms with van der Waals surface area (Å²) in [5.41, 5.74) is 6.81. The summed E-state index contributed by atoms with van der Waals surface area (Å²) in [6.07, 6.45) is -0.144. The van der Waals surface area contributed by atoms with E-state index < -0.39 is 21.8 Å². The Hall–Kier alpha value is -2.69. The number of carbonyl (C=O) groups excluding carboxylic acids is 2. The topological polar surface area (TPSA) is 121 Å². The van der Waals surface area contributed by atoms with Gasteiger partial charge in [-0.25, -0.2) is 13.1 Å². The van der Waals surface area contributed by atoms with Crippen LogP contribution in [0.25, 0.3) is 0 Å². The lowest BCUT2D eigenvalue weighted by molar-refractivity contribution is -0.121. The summed E-state index contributed by atoms with van der Waals surface area (Å²) >= 11 is 0. The average Bonchev–Trinajstić information content (AvgIpc) is 3.17. The minimum Gasteiger partial charge on any atom is -0.454 e. The van der Waals surface area contributed by atoms with Crippen LogP contribution in [0.15, 0.2) is 33.6 Å². The van der Waals surface area contributed by atoms with Crippen molar-refractivity contribution in [2.24, 2.45) is 0 Å². The van der Waals surface area contributed by atoms with Crippen LogP contribution >= 0.6 is 0 Å². The first-order valence-electron chi connectivity index (χ1n) is 10.5. The lowest BCUT2D eigenvalue weighted by atomic mass is 10.1. The quantitative estimate of drug-likeness (QED) is 0.464. The molecule has 0 radical (unpaired) electrons. The van der Waals surface area contributed by atoms with Gasteiger partial charge in [0.15, 0.2) is 5.76 Å². The van der Waals surface area contributed by atoms with Crippen molar-refractivity contribution in [3.8, 4) is 0 Å². The van der Waals surface area contributed by atoms with E-state index in [-0.39, 0.29) is 23.6 Å². The molecule has 176 valence electrons. The molecule has 0 bridgehead atoms. The molecular weight excluding hydrogens is 432 g/mol. The molecule has 0 aliphatic rings. The summed E-state index contributed by atoms with van der Waals surface area (Å²) in [5.74, 6) is -0.385. The molecule has 10 heteroatoms. The molecule has 0 atom stereocenters. The number of nitrogens with zero attached hydrogens (tertiary/aromatic N) is 1. The number of hydrazine groups is 1. The second-order valence-electron chi connectivity index (χ2n) is 7.61. The molecule has 0 saturated heterocycles. The van der Waals surface area contributed by atoms with E-state index in [1.807, 2.05) is 20.8 Å². The zero-order valence-electron chi connectivity index (χ0n) is 19.2. The third-order valence-electron chi connectivity index (χ3n) is 4.99. The number of furan rings is 1. The molecule has 9 nitrogen and oxygen atoms in total. The number of hydrogen-bond donors (Lipinski definition) is 3. The maximum atomic E-state index is 12.6. The highest BCUT2D eigenvalue weighted by Crippen LogP contribution is 2.21. The van der Waals surface area contributed by atoms with Gasteiger partial charge in [0.05, 0.1) is 11.4 Å². The van der Waals surface area contributed by atoms with Crippen molar-refractivity contribution in [2.75, 3.05) is 19.6 Å². The van der Waals surface area contributed by atoms with E-state index in [1.165, 1.54) is 0 Å². The van der Waals surface area contributed by atoms with E-state index in [0.29, 0.717) is 23.4 Å². The number of sulfonamides is 1. The van der Waals surface area contributed by atoms with Gasteiger partial charge in [0, 0.05) is 13.0 Å². The molecule has 1 heterocycles. The van der Waals surface area contributed by atoms with E-state index in [2.05, 4.69) is 20.5 Å². The fraction of sp³-hybridized carbons (Fsp3) is 0.455. The Bertz CT molecular complexity index is 1040. The van der Waals surface area contributed by atoms with E-state index in [0.717, 1.165) is 18.7 Å². The van der Waals surface area contributed by atoms with Crippen molar-refractivity contribution in [2.45, 2.75) is 52.5 Å². The van der Waals surface area contributed by atoms with Crippen LogP contribution in [0, 0.1) is 20.8 Å². The van der Waals surface area contributed by atoms with E-state index in [1.54, 1.807) is 38.1 Å². The molecular formula is C22H32N4O5S. The average molecular weight is 465 g/mol. The fourth-order valence-corrected chi connectivity index (χ4v) is 4.95. The van der Waals surface area contributed by atoms with Crippen LogP contribution < -0.4 is 15.6 Å². The number of nitrogens with one attached hydrogen (secondary N) is 3. The van der Waals surface area contributed by atoms with Gasteiger partial charge in [0.2, 0.25) is 15.9 Å². The molecule has 0 aliphatic heterocycles. The highest BCUT2D eigenvalue weighted by molar-refractivity contribution is 7.89. The molecule has 2 amide bonds. The first-order chi connectivity index (χ1) is 15.1. The molecule has 32 heavy (non-hydrogen) atoms. The number of rotatable bonds is 10. The molecule has 0 fully saturated rings. The van der Waals surface area contributed by atoms with Crippen molar-refractivity contribution >= 4 is 21.8 Å². The van der Waals surface area contributed by atoms with Crippen molar-refractivity contribution in [1.29, 1.82) is 0 Å². The zero-order chi connectivity index (χ0) is 23.9. The van der Waals surface area contributed by atoms with Gasteiger partial charge >= 0.3 is 5.91 Å². The number of hydrogen-bond acceptors (Lipinski definition) is 6. The van der Waals surface area contributed by atoms with Gasteiger partial charge in [0.1, 0.15) is 5.76 Å². The lowest BCUT2D eigenvalue weighted by Crippen LogP contribution is -2.42. The van der Waals surface area contributed by atoms with Crippen LogP contribution in [0.3, 0.4) is 0 Å². The largest absolute Gasteiger partial charge is 0.454 e. The van der Waals surface area contributed by atoms with Crippen molar-refractivity contribution in [3.05, 3.63) is 52.5 Å². The number of aryl methyl sites for hydroxylation is 3. The van der Waals surface area contributed by atoms with Crippen molar-refractivity contribution in [1.82, 2.24) is 20.5 Å². The minimum atomic E-state index is -3.76. The van der Waals surface area contributed by atoms with Crippen LogP contribution in [0.2, 0.25) is 0 Å². The normalized spacial score (nSPS) is 11.6. The van der Waals surface area contributed by atoms with Gasteiger partial charge in [-0.3, -0.25) is 25.3 Å². The summed E-state index contributed by atoms with van der Waals surface area (Å²) in [5, 5.41) is 0. The predicted molar refractivity (Wildman–Crippen MR) is 121 cm³/mol. The second kappa shape index (κ2) is 11.3. The van der Waals surface area contributed by atoms with Crippen LogP contribution in [-0.4, -0.2) is 44.8 Å². The van der Waals surface area contributed by atoms with E-state index in [9.17, 15) is 18.0 Å². The molecule has 0 unspecified atom stereocenters. The second-order valence-corrected chi connectivity index (χ2v) is 9.31. The van der Waals surface area contributed by atoms with Crippen LogP contribution in [0.4, 0.5) is 0 Å².